The highest BCUT2D eigenvalue weighted by Crippen LogP contribution is 2.28. The maximum Gasteiger partial charge on any atom is 0.142 e. The third-order valence-electron chi connectivity index (χ3n) is 3.38. The van der Waals surface area contributed by atoms with Gasteiger partial charge in [-0.2, -0.15) is 0 Å². The van der Waals surface area contributed by atoms with Crippen LogP contribution in [0.15, 0.2) is 18.2 Å². The summed E-state index contributed by atoms with van der Waals surface area (Å²) in [5.41, 5.74) is 1.01. The van der Waals surface area contributed by atoms with Crippen LogP contribution < -0.4 is 15.4 Å². The van der Waals surface area contributed by atoms with Gasteiger partial charge in [0.25, 0.3) is 0 Å². The summed E-state index contributed by atoms with van der Waals surface area (Å²) >= 11 is 6.06. The highest BCUT2D eigenvalue weighted by Gasteiger charge is 2.13. The first-order valence-electron chi connectivity index (χ1n) is 7.16. The Balaban J connectivity index is 1.94. The first kappa shape index (κ1) is 14.5. The van der Waals surface area contributed by atoms with Crippen LogP contribution in [0, 0.1) is 5.92 Å². The van der Waals surface area contributed by atoms with Crippen molar-refractivity contribution in [2.75, 3.05) is 31.6 Å². The van der Waals surface area contributed by atoms with Gasteiger partial charge in [0.1, 0.15) is 5.75 Å². The topological polar surface area (TPSA) is 33.3 Å². The molecule has 1 unspecified atom stereocenters. The molecule has 1 atom stereocenters. The Morgan fingerprint density at radius 3 is 3.11 bits per heavy atom. The third-order valence-corrected chi connectivity index (χ3v) is 3.62. The average molecular weight is 283 g/mol. The molecule has 0 aromatic heterocycles. The van der Waals surface area contributed by atoms with Gasteiger partial charge in [-0.3, -0.25) is 0 Å². The molecule has 1 aromatic rings. The number of ether oxygens (including phenoxy) is 1. The number of halogens is 1. The Hall–Kier alpha value is -0.930. The number of rotatable bonds is 6. The summed E-state index contributed by atoms with van der Waals surface area (Å²) in [4.78, 5) is 0. The fourth-order valence-electron chi connectivity index (χ4n) is 2.33. The second kappa shape index (κ2) is 7.61. The van der Waals surface area contributed by atoms with Crippen LogP contribution in [0.4, 0.5) is 5.69 Å². The van der Waals surface area contributed by atoms with E-state index in [-0.39, 0.29) is 0 Å². The Morgan fingerprint density at radius 2 is 2.37 bits per heavy atom. The highest BCUT2D eigenvalue weighted by molar-refractivity contribution is 6.30. The second-order valence-corrected chi connectivity index (χ2v) is 5.52. The lowest BCUT2D eigenvalue weighted by Crippen LogP contribution is -2.33. The van der Waals surface area contributed by atoms with E-state index in [0.717, 1.165) is 49.1 Å². The van der Waals surface area contributed by atoms with Crippen LogP contribution in [0.2, 0.25) is 5.02 Å². The Bertz CT molecular complexity index is 392. The lowest BCUT2D eigenvalue weighted by Gasteiger charge is -2.24. The average Bonchev–Trinajstić information content (AvgIpc) is 2.45. The molecule has 2 N–H and O–H groups in total. The standard InChI is InChI=1S/C15H23ClN2O/c1-2-8-19-15-6-5-13(16)9-14(15)18-11-12-4-3-7-17-10-12/h5-6,9,12,17-18H,2-4,7-8,10-11H2,1H3. The summed E-state index contributed by atoms with van der Waals surface area (Å²) in [5.74, 6) is 1.58. The van der Waals surface area contributed by atoms with Crippen molar-refractivity contribution < 1.29 is 4.74 Å². The Labute approximate surface area is 120 Å². The molecule has 4 heteroatoms. The molecule has 1 heterocycles. The summed E-state index contributed by atoms with van der Waals surface area (Å²) in [6.07, 6.45) is 3.56. The van der Waals surface area contributed by atoms with E-state index in [1.165, 1.54) is 12.8 Å². The highest BCUT2D eigenvalue weighted by atomic mass is 35.5. The zero-order chi connectivity index (χ0) is 13.5. The molecule has 1 aliphatic heterocycles. The molecule has 0 bridgehead atoms. The maximum atomic E-state index is 6.06. The SMILES string of the molecule is CCCOc1ccc(Cl)cc1NCC1CCCNC1. The van der Waals surface area contributed by atoms with Crippen molar-refractivity contribution in [2.24, 2.45) is 5.92 Å². The minimum absolute atomic E-state index is 0.687. The van der Waals surface area contributed by atoms with Gasteiger partial charge >= 0.3 is 0 Å². The van der Waals surface area contributed by atoms with Crippen LogP contribution in [0.3, 0.4) is 0 Å². The smallest absolute Gasteiger partial charge is 0.142 e. The minimum atomic E-state index is 0.687. The van der Waals surface area contributed by atoms with Crippen molar-refractivity contribution in [3.8, 4) is 5.75 Å². The van der Waals surface area contributed by atoms with Gasteiger partial charge in [-0.25, -0.2) is 0 Å². The van der Waals surface area contributed by atoms with E-state index in [0.29, 0.717) is 5.92 Å². The molecule has 0 spiro atoms. The van der Waals surface area contributed by atoms with E-state index in [4.69, 9.17) is 16.3 Å². The molecule has 0 amide bonds. The molecule has 1 aromatic carbocycles. The number of benzene rings is 1. The quantitative estimate of drug-likeness (QED) is 0.837. The Morgan fingerprint density at radius 1 is 1.47 bits per heavy atom. The maximum absolute atomic E-state index is 6.06. The van der Waals surface area contributed by atoms with Crippen LogP contribution in [0.25, 0.3) is 0 Å². The molecular weight excluding hydrogens is 260 g/mol. The van der Waals surface area contributed by atoms with Gasteiger partial charge in [-0.15, -0.1) is 0 Å². The summed E-state index contributed by atoms with van der Waals surface area (Å²) in [5, 5.41) is 7.66. The molecule has 1 saturated heterocycles. The van der Waals surface area contributed by atoms with Crippen LogP contribution in [0.5, 0.6) is 5.75 Å². The van der Waals surface area contributed by atoms with Crippen LogP contribution in [-0.4, -0.2) is 26.2 Å². The largest absolute Gasteiger partial charge is 0.491 e. The van der Waals surface area contributed by atoms with Gasteiger partial charge < -0.3 is 15.4 Å². The number of piperidine rings is 1. The minimum Gasteiger partial charge on any atom is -0.491 e. The number of anilines is 1. The van der Waals surface area contributed by atoms with Gasteiger partial charge in [0.2, 0.25) is 0 Å². The van der Waals surface area contributed by atoms with E-state index in [2.05, 4.69) is 17.6 Å². The Kier molecular flexibility index (Phi) is 5.80. The number of nitrogens with one attached hydrogen (secondary N) is 2. The van der Waals surface area contributed by atoms with E-state index >= 15 is 0 Å². The summed E-state index contributed by atoms with van der Waals surface area (Å²) in [6, 6.07) is 5.77. The first-order chi connectivity index (χ1) is 9.29. The molecule has 19 heavy (non-hydrogen) atoms. The molecule has 1 aliphatic rings. The fourth-order valence-corrected chi connectivity index (χ4v) is 2.50. The van der Waals surface area contributed by atoms with Gasteiger partial charge in [0.05, 0.1) is 12.3 Å². The molecule has 3 nitrogen and oxygen atoms in total. The van der Waals surface area contributed by atoms with E-state index in [1.54, 1.807) is 0 Å². The van der Waals surface area contributed by atoms with Crippen molar-refractivity contribution in [3.63, 3.8) is 0 Å². The first-order valence-corrected chi connectivity index (χ1v) is 7.54. The van der Waals surface area contributed by atoms with Crippen molar-refractivity contribution in [2.45, 2.75) is 26.2 Å². The summed E-state index contributed by atoms with van der Waals surface area (Å²) in [7, 11) is 0. The monoisotopic (exact) mass is 282 g/mol. The van der Waals surface area contributed by atoms with Crippen molar-refractivity contribution in [1.82, 2.24) is 5.32 Å². The van der Waals surface area contributed by atoms with Crippen molar-refractivity contribution >= 4 is 17.3 Å². The van der Waals surface area contributed by atoms with Crippen LogP contribution in [-0.2, 0) is 0 Å². The van der Waals surface area contributed by atoms with Gasteiger partial charge in [0, 0.05) is 11.6 Å². The number of hydrogen-bond acceptors (Lipinski definition) is 3. The molecule has 2 rings (SSSR count). The van der Waals surface area contributed by atoms with Gasteiger partial charge in [-0.1, -0.05) is 18.5 Å². The molecule has 0 saturated carbocycles. The van der Waals surface area contributed by atoms with Crippen molar-refractivity contribution in [3.05, 3.63) is 23.2 Å². The van der Waals surface area contributed by atoms with Gasteiger partial charge in [-0.05, 0) is 56.5 Å². The van der Waals surface area contributed by atoms with Crippen molar-refractivity contribution in [1.29, 1.82) is 0 Å². The second-order valence-electron chi connectivity index (χ2n) is 5.08. The zero-order valence-electron chi connectivity index (χ0n) is 11.5. The number of hydrogen-bond donors (Lipinski definition) is 2. The van der Waals surface area contributed by atoms with E-state index < -0.39 is 0 Å². The molecule has 106 valence electrons. The summed E-state index contributed by atoms with van der Waals surface area (Å²) in [6.45, 7) is 6.06. The fraction of sp³-hybridized carbons (Fsp3) is 0.600. The zero-order valence-corrected chi connectivity index (χ0v) is 12.3. The molecule has 0 radical (unpaired) electrons. The van der Waals surface area contributed by atoms with E-state index in [1.807, 2.05) is 18.2 Å². The molecule has 0 aliphatic carbocycles. The van der Waals surface area contributed by atoms with Crippen LogP contribution >= 0.6 is 11.6 Å². The predicted molar refractivity (Wildman–Crippen MR) is 81.3 cm³/mol. The lowest BCUT2D eigenvalue weighted by molar-refractivity contribution is 0.318. The molecule has 1 fully saturated rings. The third kappa shape index (κ3) is 4.59. The lowest BCUT2D eigenvalue weighted by atomic mass is 10.00. The predicted octanol–water partition coefficient (Wildman–Crippen LogP) is 3.54. The normalized spacial score (nSPS) is 19.2. The van der Waals surface area contributed by atoms with Crippen LogP contribution in [0.1, 0.15) is 26.2 Å². The molecular formula is C15H23ClN2O. The summed E-state index contributed by atoms with van der Waals surface area (Å²) < 4.78 is 5.74. The van der Waals surface area contributed by atoms with E-state index in [9.17, 15) is 0 Å². The van der Waals surface area contributed by atoms with Gasteiger partial charge in [0.15, 0.2) is 0 Å².